The van der Waals surface area contributed by atoms with Gasteiger partial charge in [0.2, 0.25) is 0 Å². The lowest BCUT2D eigenvalue weighted by atomic mass is 10.3. The van der Waals surface area contributed by atoms with Crippen LogP contribution in [-0.4, -0.2) is 48.1 Å². The molecule has 0 heterocycles. The van der Waals surface area contributed by atoms with Crippen LogP contribution in [0.5, 0.6) is 0 Å². The Morgan fingerprint density at radius 3 is 1.92 bits per heavy atom. The lowest BCUT2D eigenvalue weighted by Crippen LogP contribution is -2.39. The average Bonchev–Trinajstić information content (AvgIpc) is 1.63. The van der Waals surface area contributed by atoms with Crippen LogP contribution in [0.2, 0.25) is 0 Å². The summed E-state index contributed by atoms with van der Waals surface area (Å²) < 4.78 is 0. The first-order valence-corrected chi connectivity index (χ1v) is 2.67. The summed E-state index contributed by atoms with van der Waals surface area (Å²) in [4.78, 5) is 11.8. The van der Waals surface area contributed by atoms with Crippen molar-refractivity contribution in [3.05, 3.63) is 0 Å². The van der Waals surface area contributed by atoms with E-state index in [0.717, 1.165) is 0 Å². The molecule has 0 saturated heterocycles. The second-order valence-corrected chi connectivity index (χ2v) is 2.21. The highest BCUT2D eigenvalue weighted by Gasteiger charge is 2.10. The minimum absolute atomic E-state index is 0. The van der Waals surface area contributed by atoms with Crippen molar-refractivity contribution in [1.82, 2.24) is 4.90 Å². The standard InChI is InChI=1S/C5H12N2O2.2ClH.H2O/c1-7(2)3-4(6)5(8)9;;;/h4H,3,6H2,1-2H3,(H,8,9);2*1H;1H2/t4-;;;/m1.../s1. The number of rotatable bonds is 3. The number of carboxylic acid groups (broad SMARTS) is 1. The molecular weight excluding hydrogens is 207 g/mol. The molecule has 0 aromatic rings. The van der Waals surface area contributed by atoms with E-state index in [2.05, 4.69) is 0 Å². The van der Waals surface area contributed by atoms with Gasteiger partial charge in [0, 0.05) is 6.54 Å². The van der Waals surface area contributed by atoms with E-state index in [4.69, 9.17) is 10.8 Å². The van der Waals surface area contributed by atoms with Crippen LogP contribution in [-0.2, 0) is 4.79 Å². The van der Waals surface area contributed by atoms with Crippen LogP contribution in [0.1, 0.15) is 0 Å². The molecule has 0 aromatic carbocycles. The summed E-state index contributed by atoms with van der Waals surface area (Å²) in [7, 11) is 3.56. The maximum Gasteiger partial charge on any atom is 0.321 e. The first-order chi connectivity index (χ1) is 4.04. The molecule has 0 rings (SSSR count). The first kappa shape index (κ1) is 22.7. The maximum absolute atomic E-state index is 10.1. The molecule has 0 bridgehead atoms. The summed E-state index contributed by atoms with van der Waals surface area (Å²) in [5, 5.41) is 8.28. The van der Waals surface area contributed by atoms with Gasteiger partial charge in [-0.2, -0.15) is 0 Å². The molecule has 0 radical (unpaired) electrons. The van der Waals surface area contributed by atoms with E-state index in [1.54, 1.807) is 19.0 Å². The number of halogens is 2. The second kappa shape index (κ2) is 10.9. The van der Waals surface area contributed by atoms with E-state index in [0.29, 0.717) is 6.54 Å². The van der Waals surface area contributed by atoms with Gasteiger partial charge in [0.1, 0.15) is 6.04 Å². The summed E-state index contributed by atoms with van der Waals surface area (Å²) in [5.41, 5.74) is 5.18. The third kappa shape index (κ3) is 12.6. The van der Waals surface area contributed by atoms with Crippen molar-refractivity contribution in [1.29, 1.82) is 0 Å². The molecule has 5 nitrogen and oxygen atoms in total. The van der Waals surface area contributed by atoms with Crippen LogP contribution in [0.25, 0.3) is 0 Å². The molecule has 0 aliphatic carbocycles. The zero-order valence-corrected chi connectivity index (χ0v) is 8.61. The van der Waals surface area contributed by atoms with Crippen LogP contribution in [0.3, 0.4) is 0 Å². The van der Waals surface area contributed by atoms with Gasteiger partial charge in [-0.1, -0.05) is 0 Å². The Balaban J connectivity index is -0.000000107. The molecule has 1 atom stereocenters. The highest BCUT2D eigenvalue weighted by Crippen LogP contribution is 1.80. The number of hydrogen-bond donors (Lipinski definition) is 2. The monoisotopic (exact) mass is 222 g/mol. The fraction of sp³-hybridized carbons (Fsp3) is 0.800. The van der Waals surface area contributed by atoms with E-state index in [9.17, 15) is 4.79 Å². The largest absolute Gasteiger partial charge is 0.480 e. The summed E-state index contributed by atoms with van der Waals surface area (Å²) in [6.45, 7) is 0.384. The molecule has 0 unspecified atom stereocenters. The highest BCUT2D eigenvalue weighted by atomic mass is 35.5. The zero-order chi connectivity index (χ0) is 7.44. The van der Waals surface area contributed by atoms with Gasteiger partial charge < -0.3 is 21.2 Å². The summed E-state index contributed by atoms with van der Waals surface area (Å²) >= 11 is 0. The van der Waals surface area contributed by atoms with Crippen molar-refractivity contribution >= 4 is 30.8 Å². The van der Waals surface area contributed by atoms with Gasteiger partial charge in [-0.15, -0.1) is 24.8 Å². The minimum Gasteiger partial charge on any atom is -0.480 e. The van der Waals surface area contributed by atoms with Gasteiger partial charge in [-0.25, -0.2) is 0 Å². The Bertz CT molecular complexity index is 113. The van der Waals surface area contributed by atoms with Crippen molar-refractivity contribution in [3.8, 4) is 0 Å². The summed E-state index contributed by atoms with van der Waals surface area (Å²) in [6, 6.07) is -0.764. The molecule has 0 aromatic heterocycles. The molecule has 78 valence electrons. The number of aliphatic carboxylic acids is 1. The van der Waals surface area contributed by atoms with Crippen LogP contribution >= 0.6 is 24.8 Å². The molecule has 0 spiro atoms. The third-order valence-electron chi connectivity index (χ3n) is 0.879. The zero-order valence-electron chi connectivity index (χ0n) is 6.98. The Morgan fingerprint density at radius 1 is 1.50 bits per heavy atom. The highest BCUT2D eigenvalue weighted by molar-refractivity contribution is 5.85. The number of carboxylic acids is 1. The van der Waals surface area contributed by atoms with Gasteiger partial charge in [0.25, 0.3) is 0 Å². The normalized spacial score (nSPS) is 10.3. The minimum atomic E-state index is -0.955. The molecule has 0 fully saturated rings. The van der Waals surface area contributed by atoms with Gasteiger partial charge in [0.15, 0.2) is 0 Å². The predicted octanol–water partition coefficient (Wildman–Crippen LogP) is -1.02. The van der Waals surface area contributed by atoms with Gasteiger partial charge in [0.05, 0.1) is 0 Å². The van der Waals surface area contributed by atoms with Crippen molar-refractivity contribution in [2.75, 3.05) is 20.6 Å². The number of likely N-dealkylation sites (N-methyl/N-ethyl adjacent to an activating group) is 1. The van der Waals surface area contributed by atoms with Crippen molar-refractivity contribution in [2.24, 2.45) is 5.73 Å². The Morgan fingerprint density at radius 2 is 1.83 bits per heavy atom. The van der Waals surface area contributed by atoms with Crippen molar-refractivity contribution < 1.29 is 15.4 Å². The second-order valence-electron chi connectivity index (χ2n) is 2.21. The smallest absolute Gasteiger partial charge is 0.321 e. The van der Waals surface area contributed by atoms with Gasteiger partial charge in [-0.05, 0) is 14.1 Å². The number of carbonyl (C=O) groups is 1. The third-order valence-corrected chi connectivity index (χ3v) is 0.879. The van der Waals surface area contributed by atoms with E-state index in [1.165, 1.54) is 0 Å². The van der Waals surface area contributed by atoms with Crippen LogP contribution < -0.4 is 5.73 Å². The SMILES string of the molecule is CN(C)C[C@@H](N)C(=O)O.Cl.Cl.O. The van der Waals surface area contributed by atoms with E-state index < -0.39 is 12.0 Å². The molecule has 7 heteroatoms. The predicted molar refractivity (Wildman–Crippen MR) is 52.3 cm³/mol. The Kier molecular flexibility index (Phi) is 20.6. The van der Waals surface area contributed by atoms with Crippen LogP contribution in [0.15, 0.2) is 0 Å². The quantitative estimate of drug-likeness (QED) is 0.639. The first-order valence-electron chi connectivity index (χ1n) is 2.67. The molecule has 0 saturated carbocycles. The lowest BCUT2D eigenvalue weighted by molar-refractivity contribution is -0.138. The molecule has 0 aliphatic rings. The average molecular weight is 223 g/mol. The van der Waals surface area contributed by atoms with Gasteiger partial charge >= 0.3 is 5.97 Å². The van der Waals surface area contributed by atoms with Crippen LogP contribution in [0, 0.1) is 0 Å². The van der Waals surface area contributed by atoms with Gasteiger partial charge in [-0.3, -0.25) is 4.79 Å². The molecule has 0 amide bonds. The maximum atomic E-state index is 10.1. The molecule has 12 heavy (non-hydrogen) atoms. The van der Waals surface area contributed by atoms with E-state index >= 15 is 0 Å². The van der Waals surface area contributed by atoms with Crippen molar-refractivity contribution in [3.63, 3.8) is 0 Å². The molecule has 5 N–H and O–H groups in total. The van der Waals surface area contributed by atoms with Crippen molar-refractivity contribution in [2.45, 2.75) is 6.04 Å². The number of nitrogens with two attached hydrogens (primary N) is 1. The number of nitrogens with zero attached hydrogens (tertiary/aromatic N) is 1. The van der Waals surface area contributed by atoms with E-state index in [-0.39, 0.29) is 30.3 Å². The fourth-order valence-electron chi connectivity index (χ4n) is 0.471. The fourth-order valence-corrected chi connectivity index (χ4v) is 0.471. The Hall–Kier alpha value is -0.0700. The Labute approximate surface area is 84.0 Å². The van der Waals surface area contributed by atoms with Crippen LogP contribution in [0.4, 0.5) is 0 Å². The van der Waals surface area contributed by atoms with E-state index in [1.807, 2.05) is 0 Å². The molecule has 0 aliphatic heterocycles. The topological polar surface area (TPSA) is 98.1 Å². The summed E-state index contributed by atoms with van der Waals surface area (Å²) in [5.74, 6) is -0.955. The summed E-state index contributed by atoms with van der Waals surface area (Å²) in [6.07, 6.45) is 0. The number of hydrogen-bond acceptors (Lipinski definition) is 3. The molecular formula is C5H16Cl2N2O3. The lowest BCUT2D eigenvalue weighted by Gasteiger charge is -2.11.